The predicted octanol–water partition coefficient (Wildman–Crippen LogP) is 1.91. The number of benzene rings is 2. The molecular formula is C20H26N4O8S2. The molecule has 2 rings (SSSR count). The zero-order chi connectivity index (χ0) is 25.4. The number of hydrogen-bond acceptors (Lipinski definition) is 8. The number of ether oxygens (including phenoxy) is 1. The molecule has 0 unspecified atom stereocenters. The van der Waals surface area contributed by atoms with Crippen molar-refractivity contribution in [3.8, 4) is 5.75 Å². The standard InChI is InChI=1S/C20H26N4O8S2/c1-3-4-12-21-20(25)23-33(28,29)17-8-5-15(6-9-17)11-13-22-34(30,31)19-10-7-16(24(26)27)14-18(19)32-2/h5-10,14,22H,3-4,11-13H2,1-2H3,(H2,21,23,25). The van der Waals surface area contributed by atoms with Gasteiger partial charge in [0.25, 0.3) is 15.7 Å². The first-order valence-electron chi connectivity index (χ1n) is 10.2. The van der Waals surface area contributed by atoms with E-state index in [0.29, 0.717) is 12.1 Å². The number of nitrogens with zero attached hydrogens (tertiary/aromatic N) is 1. The van der Waals surface area contributed by atoms with Crippen LogP contribution in [0, 0.1) is 10.1 Å². The number of non-ortho nitro benzene ring substituents is 1. The van der Waals surface area contributed by atoms with Crippen LogP contribution >= 0.6 is 0 Å². The maximum Gasteiger partial charge on any atom is 0.328 e. The molecule has 0 bridgehead atoms. The van der Waals surface area contributed by atoms with Crippen LogP contribution in [0.4, 0.5) is 10.5 Å². The summed E-state index contributed by atoms with van der Waals surface area (Å²) in [6.45, 7) is 2.28. The lowest BCUT2D eigenvalue weighted by Crippen LogP contribution is -2.39. The summed E-state index contributed by atoms with van der Waals surface area (Å²) >= 11 is 0. The highest BCUT2D eigenvalue weighted by Gasteiger charge is 2.22. The van der Waals surface area contributed by atoms with Crippen LogP contribution < -0.4 is 19.5 Å². The zero-order valence-corrected chi connectivity index (χ0v) is 20.2. The highest BCUT2D eigenvalue weighted by atomic mass is 32.2. The molecule has 14 heteroatoms. The van der Waals surface area contributed by atoms with Crippen LogP contribution in [0.3, 0.4) is 0 Å². The number of methoxy groups -OCH3 is 1. The monoisotopic (exact) mass is 514 g/mol. The van der Waals surface area contributed by atoms with E-state index in [0.717, 1.165) is 31.0 Å². The van der Waals surface area contributed by atoms with Gasteiger partial charge in [-0.25, -0.2) is 31.1 Å². The molecule has 2 amide bonds. The number of nitro groups is 1. The van der Waals surface area contributed by atoms with Crippen LogP contribution in [0.2, 0.25) is 0 Å². The Balaban J connectivity index is 1.99. The molecule has 186 valence electrons. The summed E-state index contributed by atoms with van der Waals surface area (Å²) in [6, 6.07) is 7.99. The van der Waals surface area contributed by atoms with Gasteiger partial charge in [0, 0.05) is 19.2 Å². The second-order valence-corrected chi connectivity index (χ2v) is 10.5. The van der Waals surface area contributed by atoms with Gasteiger partial charge in [-0.2, -0.15) is 0 Å². The van der Waals surface area contributed by atoms with Crippen LogP contribution in [0.15, 0.2) is 52.3 Å². The third-order valence-electron chi connectivity index (χ3n) is 4.63. The van der Waals surface area contributed by atoms with Crippen LogP contribution in [-0.4, -0.2) is 48.0 Å². The van der Waals surface area contributed by atoms with Crippen LogP contribution in [0.25, 0.3) is 0 Å². The number of sulfonamides is 2. The molecule has 0 saturated carbocycles. The summed E-state index contributed by atoms with van der Waals surface area (Å²) in [7, 11) is -6.86. The average Bonchev–Trinajstić information content (AvgIpc) is 2.78. The van der Waals surface area contributed by atoms with Crippen molar-refractivity contribution < 1.29 is 31.3 Å². The van der Waals surface area contributed by atoms with Crippen molar-refractivity contribution in [3.05, 3.63) is 58.1 Å². The van der Waals surface area contributed by atoms with Gasteiger partial charge in [-0.05, 0) is 36.6 Å². The van der Waals surface area contributed by atoms with Crippen molar-refractivity contribution in [1.82, 2.24) is 14.8 Å². The molecule has 0 aliphatic rings. The van der Waals surface area contributed by atoms with Crippen molar-refractivity contribution >= 4 is 31.8 Å². The van der Waals surface area contributed by atoms with Crippen molar-refractivity contribution in [2.45, 2.75) is 36.0 Å². The largest absolute Gasteiger partial charge is 0.495 e. The van der Waals surface area contributed by atoms with E-state index in [4.69, 9.17) is 4.74 Å². The first-order chi connectivity index (χ1) is 16.0. The van der Waals surface area contributed by atoms with Crippen LogP contribution in [-0.2, 0) is 26.5 Å². The number of hydrogen-bond donors (Lipinski definition) is 3. The third kappa shape index (κ3) is 7.40. The number of carbonyl (C=O) groups is 1. The molecule has 3 N–H and O–H groups in total. The average molecular weight is 515 g/mol. The van der Waals surface area contributed by atoms with Gasteiger partial charge in [-0.3, -0.25) is 10.1 Å². The number of carbonyl (C=O) groups excluding carboxylic acids is 1. The SMILES string of the molecule is CCCCNC(=O)NS(=O)(=O)c1ccc(CCNS(=O)(=O)c2ccc([N+](=O)[O-])cc2OC)cc1. The molecule has 0 heterocycles. The Morgan fingerprint density at radius 1 is 1.03 bits per heavy atom. The van der Waals surface area contributed by atoms with E-state index in [2.05, 4.69) is 10.0 Å². The van der Waals surface area contributed by atoms with Gasteiger partial charge in [0.1, 0.15) is 10.6 Å². The molecule has 12 nitrogen and oxygen atoms in total. The second kappa shape index (κ2) is 11.8. The Hall–Kier alpha value is -3.23. The number of rotatable bonds is 12. The molecule has 0 spiro atoms. The van der Waals surface area contributed by atoms with Gasteiger partial charge in [-0.15, -0.1) is 0 Å². The van der Waals surface area contributed by atoms with Crippen molar-refractivity contribution in [2.24, 2.45) is 0 Å². The number of nitrogens with one attached hydrogen (secondary N) is 3. The van der Waals surface area contributed by atoms with E-state index >= 15 is 0 Å². The summed E-state index contributed by atoms with van der Waals surface area (Å²) in [4.78, 5) is 21.6. The van der Waals surface area contributed by atoms with E-state index in [1.807, 2.05) is 11.6 Å². The Bertz CT molecular complexity index is 1230. The number of urea groups is 1. The number of nitro benzene ring substituents is 1. The number of amides is 2. The lowest BCUT2D eigenvalue weighted by Gasteiger charge is -2.11. The minimum atomic E-state index is -4.05. The highest BCUT2D eigenvalue weighted by Crippen LogP contribution is 2.28. The van der Waals surface area contributed by atoms with Gasteiger partial charge in [0.15, 0.2) is 0 Å². The number of unbranched alkanes of at least 4 members (excludes halogenated alkanes) is 1. The predicted molar refractivity (Wildman–Crippen MR) is 124 cm³/mol. The van der Waals surface area contributed by atoms with E-state index in [1.165, 1.54) is 31.4 Å². The summed E-state index contributed by atoms with van der Waals surface area (Å²) in [5.74, 6) is -0.164. The summed E-state index contributed by atoms with van der Waals surface area (Å²) < 4.78 is 59.0. The summed E-state index contributed by atoms with van der Waals surface area (Å²) in [5, 5.41) is 13.3. The van der Waals surface area contributed by atoms with E-state index in [-0.39, 0.29) is 34.2 Å². The van der Waals surface area contributed by atoms with E-state index < -0.39 is 31.0 Å². The fourth-order valence-corrected chi connectivity index (χ4v) is 4.94. The molecule has 0 aromatic heterocycles. The van der Waals surface area contributed by atoms with Gasteiger partial charge < -0.3 is 10.1 Å². The molecule has 0 atom stereocenters. The second-order valence-electron chi connectivity index (χ2n) is 7.10. The molecule has 34 heavy (non-hydrogen) atoms. The minimum Gasteiger partial charge on any atom is -0.495 e. The van der Waals surface area contributed by atoms with Crippen LogP contribution in [0.1, 0.15) is 25.3 Å². The topological polar surface area (TPSA) is 174 Å². The quantitative estimate of drug-likeness (QED) is 0.219. The Morgan fingerprint density at radius 3 is 2.29 bits per heavy atom. The highest BCUT2D eigenvalue weighted by molar-refractivity contribution is 7.90. The molecular weight excluding hydrogens is 488 g/mol. The van der Waals surface area contributed by atoms with Crippen molar-refractivity contribution in [2.75, 3.05) is 20.2 Å². The minimum absolute atomic E-state index is 0.0212. The molecule has 0 fully saturated rings. The molecule has 2 aromatic carbocycles. The molecule has 0 aliphatic heterocycles. The lowest BCUT2D eigenvalue weighted by molar-refractivity contribution is -0.385. The zero-order valence-electron chi connectivity index (χ0n) is 18.6. The van der Waals surface area contributed by atoms with Gasteiger partial charge in [0.05, 0.1) is 23.0 Å². The maximum atomic E-state index is 12.6. The first kappa shape index (κ1) is 27.0. The summed E-state index contributed by atoms with van der Waals surface area (Å²) in [6.07, 6.45) is 1.81. The fraction of sp³-hybridized carbons (Fsp3) is 0.350. The fourth-order valence-electron chi connectivity index (χ4n) is 2.83. The lowest BCUT2D eigenvalue weighted by atomic mass is 10.2. The maximum absolute atomic E-state index is 12.6. The van der Waals surface area contributed by atoms with E-state index in [1.54, 1.807) is 0 Å². The Kier molecular flexibility index (Phi) is 9.35. The van der Waals surface area contributed by atoms with E-state index in [9.17, 15) is 31.7 Å². The molecule has 0 aliphatic carbocycles. The summed E-state index contributed by atoms with van der Waals surface area (Å²) in [5.41, 5.74) is 0.337. The van der Waals surface area contributed by atoms with Crippen molar-refractivity contribution in [1.29, 1.82) is 0 Å². The Morgan fingerprint density at radius 2 is 1.71 bits per heavy atom. The molecule has 0 radical (unpaired) electrons. The Labute approximate surface area is 198 Å². The van der Waals surface area contributed by atoms with Gasteiger partial charge in [0.2, 0.25) is 10.0 Å². The van der Waals surface area contributed by atoms with Gasteiger partial charge >= 0.3 is 6.03 Å². The van der Waals surface area contributed by atoms with Crippen LogP contribution in [0.5, 0.6) is 5.75 Å². The smallest absolute Gasteiger partial charge is 0.328 e. The first-order valence-corrected chi connectivity index (χ1v) is 13.2. The molecule has 2 aromatic rings. The normalized spacial score (nSPS) is 11.6. The third-order valence-corrected chi connectivity index (χ3v) is 7.48. The van der Waals surface area contributed by atoms with Crippen molar-refractivity contribution in [3.63, 3.8) is 0 Å². The molecule has 0 saturated heterocycles. The van der Waals surface area contributed by atoms with Gasteiger partial charge in [-0.1, -0.05) is 25.5 Å².